The Bertz CT molecular complexity index is 444. The Morgan fingerprint density at radius 2 is 2.29 bits per heavy atom. The molecule has 3 N–H and O–H groups in total. The molecule has 94 valence electrons. The number of nitrogens with two attached hydrogens (primary N) is 1. The molecule has 1 saturated heterocycles. The van der Waals surface area contributed by atoms with Gasteiger partial charge in [-0.15, -0.1) is 0 Å². The fraction of sp³-hybridized carbons (Fsp3) is 0.636. The monoisotopic (exact) mass is 237 g/mol. The van der Waals surface area contributed by atoms with E-state index in [-0.39, 0.29) is 18.1 Å². The summed E-state index contributed by atoms with van der Waals surface area (Å²) in [5.74, 6) is 0.723. The van der Waals surface area contributed by atoms with Crippen LogP contribution in [0.3, 0.4) is 0 Å². The molecule has 1 aromatic rings. The summed E-state index contributed by atoms with van der Waals surface area (Å²) in [6, 6.07) is 0.147. The van der Waals surface area contributed by atoms with Gasteiger partial charge >= 0.3 is 0 Å². The number of likely N-dealkylation sites (N-methyl/N-ethyl adjacent to an activating group) is 2. The number of nitrogens with zero attached hydrogens (tertiary/aromatic N) is 3. The van der Waals surface area contributed by atoms with E-state index in [1.807, 2.05) is 0 Å². The molecule has 1 aliphatic rings. The van der Waals surface area contributed by atoms with Crippen LogP contribution in [0.25, 0.3) is 0 Å². The molecule has 1 unspecified atom stereocenters. The molecule has 6 nitrogen and oxygen atoms in total. The zero-order valence-electron chi connectivity index (χ0n) is 10.3. The largest absolute Gasteiger partial charge is 0.326 e. The number of piperazine rings is 1. The Kier molecular flexibility index (Phi) is 3.56. The molecule has 0 amide bonds. The van der Waals surface area contributed by atoms with Gasteiger partial charge in [-0.25, -0.2) is 4.98 Å². The third-order valence-corrected chi connectivity index (χ3v) is 3.28. The lowest BCUT2D eigenvalue weighted by Crippen LogP contribution is -2.45. The summed E-state index contributed by atoms with van der Waals surface area (Å²) in [7, 11) is 4.13. The quantitative estimate of drug-likeness (QED) is 0.700. The van der Waals surface area contributed by atoms with Gasteiger partial charge in [0.05, 0.1) is 6.04 Å². The third-order valence-electron chi connectivity index (χ3n) is 3.28. The van der Waals surface area contributed by atoms with E-state index in [9.17, 15) is 4.79 Å². The van der Waals surface area contributed by atoms with Crippen molar-refractivity contribution >= 4 is 0 Å². The summed E-state index contributed by atoms with van der Waals surface area (Å²) in [5, 5.41) is 0. The van der Waals surface area contributed by atoms with Crippen molar-refractivity contribution < 1.29 is 0 Å². The van der Waals surface area contributed by atoms with Crippen molar-refractivity contribution in [2.45, 2.75) is 12.6 Å². The summed E-state index contributed by atoms with van der Waals surface area (Å²) < 4.78 is 0. The number of hydrogen-bond donors (Lipinski definition) is 2. The van der Waals surface area contributed by atoms with E-state index in [0.717, 1.165) is 25.5 Å². The van der Waals surface area contributed by atoms with Gasteiger partial charge in [-0.05, 0) is 14.1 Å². The van der Waals surface area contributed by atoms with Gasteiger partial charge < -0.3 is 15.6 Å². The molecule has 0 spiro atoms. The molecule has 2 rings (SSSR count). The number of rotatable bonds is 2. The maximum atomic E-state index is 11.7. The highest BCUT2D eigenvalue weighted by Gasteiger charge is 2.25. The molecule has 2 heterocycles. The molecule has 1 atom stereocenters. The first-order chi connectivity index (χ1) is 8.11. The number of aromatic nitrogens is 2. The minimum Gasteiger partial charge on any atom is -0.326 e. The molecular formula is C11H19N5O. The van der Waals surface area contributed by atoms with Gasteiger partial charge in [0.25, 0.3) is 5.56 Å². The lowest BCUT2D eigenvalue weighted by Gasteiger charge is -2.36. The number of H-pyrrole nitrogens is 1. The first-order valence-corrected chi connectivity index (χ1v) is 5.78. The van der Waals surface area contributed by atoms with Crippen LogP contribution in [0, 0.1) is 0 Å². The zero-order valence-corrected chi connectivity index (χ0v) is 10.3. The first-order valence-electron chi connectivity index (χ1n) is 5.78. The van der Waals surface area contributed by atoms with Crippen molar-refractivity contribution in [1.82, 2.24) is 19.8 Å². The van der Waals surface area contributed by atoms with E-state index in [1.165, 1.54) is 0 Å². The van der Waals surface area contributed by atoms with E-state index in [4.69, 9.17) is 5.73 Å². The summed E-state index contributed by atoms with van der Waals surface area (Å²) in [6.45, 7) is 3.12. The second kappa shape index (κ2) is 4.95. The van der Waals surface area contributed by atoms with Gasteiger partial charge in [-0.1, -0.05) is 0 Å². The lowest BCUT2D eigenvalue weighted by atomic mass is 10.1. The van der Waals surface area contributed by atoms with Crippen molar-refractivity contribution in [3.63, 3.8) is 0 Å². The Labute approximate surface area is 100 Å². The van der Waals surface area contributed by atoms with Crippen LogP contribution in [-0.2, 0) is 6.54 Å². The molecule has 6 heteroatoms. The van der Waals surface area contributed by atoms with E-state index in [1.54, 1.807) is 6.20 Å². The Balaban J connectivity index is 2.26. The first kappa shape index (κ1) is 12.2. The molecule has 0 bridgehead atoms. The molecular weight excluding hydrogens is 218 g/mol. The van der Waals surface area contributed by atoms with Crippen molar-refractivity contribution in [1.29, 1.82) is 0 Å². The van der Waals surface area contributed by atoms with Gasteiger partial charge in [0.15, 0.2) is 0 Å². The van der Waals surface area contributed by atoms with Crippen LogP contribution in [0.5, 0.6) is 0 Å². The van der Waals surface area contributed by atoms with Crippen LogP contribution in [0.4, 0.5) is 0 Å². The standard InChI is InChI=1S/C11H19N5O/c1-15-3-4-16(2)9(7-15)10-13-6-8(5-12)11(17)14-10/h6,9H,3-5,7,12H2,1-2H3,(H,13,14,17). The van der Waals surface area contributed by atoms with Crippen LogP contribution in [0.2, 0.25) is 0 Å². The van der Waals surface area contributed by atoms with E-state index >= 15 is 0 Å². The van der Waals surface area contributed by atoms with Gasteiger partial charge in [-0.2, -0.15) is 0 Å². The summed E-state index contributed by atoms with van der Waals surface area (Å²) in [4.78, 5) is 23.3. The van der Waals surface area contributed by atoms with Crippen molar-refractivity contribution in [2.75, 3.05) is 33.7 Å². The molecule has 0 radical (unpaired) electrons. The average Bonchev–Trinajstić information content (AvgIpc) is 2.32. The predicted molar refractivity (Wildman–Crippen MR) is 65.6 cm³/mol. The highest BCUT2D eigenvalue weighted by Crippen LogP contribution is 2.18. The predicted octanol–water partition coefficient (Wildman–Crippen LogP) is -0.853. The third kappa shape index (κ3) is 2.54. The number of hydrogen-bond acceptors (Lipinski definition) is 5. The maximum absolute atomic E-state index is 11.7. The topological polar surface area (TPSA) is 78.2 Å². The Hall–Kier alpha value is -1.24. The molecule has 0 aromatic carbocycles. The normalized spacial score (nSPS) is 22.9. The van der Waals surface area contributed by atoms with Gasteiger partial charge in [0.1, 0.15) is 5.82 Å². The van der Waals surface area contributed by atoms with Crippen LogP contribution in [0.15, 0.2) is 11.0 Å². The smallest absolute Gasteiger partial charge is 0.255 e. The minimum atomic E-state index is -0.126. The van der Waals surface area contributed by atoms with Gasteiger partial charge in [-0.3, -0.25) is 9.69 Å². The molecule has 0 aliphatic carbocycles. The van der Waals surface area contributed by atoms with Crippen LogP contribution in [0.1, 0.15) is 17.4 Å². The van der Waals surface area contributed by atoms with Crippen LogP contribution < -0.4 is 11.3 Å². The maximum Gasteiger partial charge on any atom is 0.255 e. The SMILES string of the molecule is CN1CCN(C)C(c2ncc(CN)c(=O)[nH]2)C1. The minimum absolute atomic E-state index is 0.126. The molecule has 1 aliphatic heterocycles. The fourth-order valence-electron chi connectivity index (χ4n) is 2.06. The molecule has 17 heavy (non-hydrogen) atoms. The summed E-state index contributed by atoms with van der Waals surface area (Å²) in [5.41, 5.74) is 5.85. The van der Waals surface area contributed by atoms with E-state index < -0.39 is 0 Å². The number of aromatic amines is 1. The fourth-order valence-corrected chi connectivity index (χ4v) is 2.06. The highest BCUT2D eigenvalue weighted by atomic mass is 16.1. The number of nitrogens with one attached hydrogen (secondary N) is 1. The Morgan fingerprint density at radius 1 is 1.53 bits per heavy atom. The molecule has 1 aromatic heterocycles. The van der Waals surface area contributed by atoms with E-state index in [0.29, 0.717) is 5.56 Å². The zero-order chi connectivity index (χ0) is 12.4. The second-order valence-corrected chi connectivity index (χ2v) is 4.59. The van der Waals surface area contributed by atoms with Crippen molar-refractivity contribution in [3.05, 3.63) is 27.9 Å². The molecule has 0 saturated carbocycles. The Morgan fingerprint density at radius 3 is 2.94 bits per heavy atom. The van der Waals surface area contributed by atoms with E-state index in [2.05, 4.69) is 33.9 Å². The van der Waals surface area contributed by atoms with Crippen molar-refractivity contribution in [2.24, 2.45) is 5.73 Å². The van der Waals surface area contributed by atoms with Gasteiger partial charge in [0.2, 0.25) is 0 Å². The second-order valence-electron chi connectivity index (χ2n) is 4.59. The van der Waals surface area contributed by atoms with Crippen LogP contribution in [-0.4, -0.2) is 53.5 Å². The lowest BCUT2D eigenvalue weighted by molar-refractivity contribution is 0.109. The average molecular weight is 237 g/mol. The molecule has 1 fully saturated rings. The summed E-state index contributed by atoms with van der Waals surface area (Å²) in [6.07, 6.45) is 1.58. The highest BCUT2D eigenvalue weighted by molar-refractivity contribution is 5.08. The van der Waals surface area contributed by atoms with Crippen molar-refractivity contribution in [3.8, 4) is 0 Å². The summed E-state index contributed by atoms with van der Waals surface area (Å²) >= 11 is 0. The van der Waals surface area contributed by atoms with Crippen LogP contribution >= 0.6 is 0 Å². The van der Waals surface area contributed by atoms with Gasteiger partial charge in [0, 0.05) is 37.9 Å².